The third kappa shape index (κ3) is 2.86. The molecule has 0 amide bonds. The van der Waals surface area contributed by atoms with Crippen molar-refractivity contribution in [3.8, 4) is 0 Å². The topological polar surface area (TPSA) is 73.1 Å². The summed E-state index contributed by atoms with van der Waals surface area (Å²) in [6, 6.07) is 11.5. The van der Waals surface area contributed by atoms with Crippen LogP contribution in [-0.4, -0.2) is 13.4 Å². The molecule has 0 radical (unpaired) electrons. The van der Waals surface area contributed by atoms with Crippen LogP contribution in [0, 0.1) is 6.92 Å². The molecule has 0 fully saturated rings. The highest BCUT2D eigenvalue weighted by Gasteiger charge is 2.16. The molecule has 1 heterocycles. The number of sulfonamides is 1. The van der Waals surface area contributed by atoms with Crippen LogP contribution >= 0.6 is 0 Å². The zero-order chi connectivity index (χ0) is 15.7. The van der Waals surface area contributed by atoms with E-state index in [-0.39, 0.29) is 5.03 Å². The number of hydrogen-bond donors (Lipinski definition) is 1. The molecule has 2 aromatic rings. The molecule has 4 nitrogen and oxygen atoms in total. The molecule has 0 spiro atoms. The molecule has 22 heavy (non-hydrogen) atoms. The van der Waals surface area contributed by atoms with Crippen molar-refractivity contribution < 1.29 is 8.42 Å². The summed E-state index contributed by atoms with van der Waals surface area (Å²) in [6.45, 7) is 2.06. The molecule has 1 aromatic carbocycles. The molecule has 0 saturated heterocycles. The summed E-state index contributed by atoms with van der Waals surface area (Å²) < 4.78 is 22.5. The van der Waals surface area contributed by atoms with Gasteiger partial charge < -0.3 is 0 Å². The van der Waals surface area contributed by atoms with Crippen LogP contribution in [0.15, 0.2) is 59.8 Å². The first-order chi connectivity index (χ1) is 10.4. The number of benzene rings is 1. The minimum absolute atomic E-state index is 0.115. The summed E-state index contributed by atoms with van der Waals surface area (Å²) in [7, 11) is -3.76. The normalized spacial score (nSPS) is 14.6. The molecular weight excluding hydrogens is 296 g/mol. The van der Waals surface area contributed by atoms with Crippen LogP contribution in [0.25, 0.3) is 11.1 Å². The zero-order valence-electron chi connectivity index (χ0n) is 12.2. The van der Waals surface area contributed by atoms with Crippen LogP contribution in [0.1, 0.15) is 23.1 Å². The molecule has 0 atom stereocenters. The average Bonchev–Trinajstić information content (AvgIpc) is 2.97. The van der Waals surface area contributed by atoms with Crippen LogP contribution in [0.2, 0.25) is 0 Å². The van der Waals surface area contributed by atoms with E-state index in [0.717, 1.165) is 28.7 Å². The van der Waals surface area contributed by atoms with Gasteiger partial charge in [0.15, 0.2) is 5.03 Å². The van der Waals surface area contributed by atoms with Gasteiger partial charge in [-0.15, -0.1) is 0 Å². The van der Waals surface area contributed by atoms with Crippen molar-refractivity contribution in [2.45, 2.75) is 18.4 Å². The highest BCUT2D eigenvalue weighted by atomic mass is 32.2. The lowest BCUT2D eigenvalue weighted by atomic mass is 9.95. The van der Waals surface area contributed by atoms with Crippen LogP contribution in [0.4, 0.5) is 0 Å². The Labute approximate surface area is 130 Å². The van der Waals surface area contributed by atoms with Gasteiger partial charge in [0.25, 0.3) is 10.0 Å². The first-order valence-corrected chi connectivity index (χ1v) is 8.47. The Hall–Kier alpha value is -2.24. The summed E-state index contributed by atoms with van der Waals surface area (Å²) >= 11 is 0. The van der Waals surface area contributed by atoms with Crippen molar-refractivity contribution in [1.29, 1.82) is 0 Å². The molecule has 1 aliphatic rings. The molecule has 112 valence electrons. The minimum atomic E-state index is -3.76. The van der Waals surface area contributed by atoms with E-state index in [1.807, 2.05) is 0 Å². The number of aryl methyl sites for hydroxylation is 1. The number of pyridine rings is 1. The molecular formula is C17H16N2O2S. The van der Waals surface area contributed by atoms with Crippen molar-refractivity contribution >= 4 is 21.2 Å². The van der Waals surface area contributed by atoms with Gasteiger partial charge in [0.2, 0.25) is 0 Å². The molecule has 0 aliphatic heterocycles. The number of allylic oxidation sites excluding steroid dienone is 4. The third-order valence-corrected chi connectivity index (χ3v) is 4.46. The molecule has 5 heteroatoms. The maximum atomic E-state index is 11.3. The number of rotatable bonds is 3. The Morgan fingerprint density at radius 3 is 2.09 bits per heavy atom. The van der Waals surface area contributed by atoms with Crippen molar-refractivity contribution in [2.24, 2.45) is 5.14 Å². The Morgan fingerprint density at radius 2 is 1.55 bits per heavy atom. The predicted octanol–water partition coefficient (Wildman–Crippen LogP) is 2.91. The first kappa shape index (κ1) is 14.7. The zero-order valence-corrected chi connectivity index (χ0v) is 13.0. The van der Waals surface area contributed by atoms with Gasteiger partial charge in [-0.25, -0.2) is 18.5 Å². The number of primary sulfonamides is 1. The first-order valence-electron chi connectivity index (χ1n) is 6.92. The van der Waals surface area contributed by atoms with Crippen LogP contribution in [0.3, 0.4) is 0 Å². The minimum Gasteiger partial charge on any atom is -0.243 e. The van der Waals surface area contributed by atoms with Crippen LogP contribution in [0.5, 0.6) is 0 Å². The summed E-state index contributed by atoms with van der Waals surface area (Å²) in [4.78, 5) is 3.96. The lowest BCUT2D eigenvalue weighted by Gasteiger charge is -2.10. The van der Waals surface area contributed by atoms with Gasteiger partial charge in [-0.2, -0.15) is 0 Å². The SMILES string of the molecule is Cc1ccc(C2=CCC=C2c2ccc(S(N)(=O)=O)nc2)cc1. The maximum Gasteiger partial charge on any atom is 0.255 e. The van der Waals surface area contributed by atoms with Crippen LogP contribution < -0.4 is 5.14 Å². The van der Waals surface area contributed by atoms with E-state index in [4.69, 9.17) is 5.14 Å². The molecule has 2 N–H and O–H groups in total. The standard InChI is InChI=1S/C17H16N2O2S/c1-12-5-7-13(8-6-12)15-3-2-4-16(15)14-9-10-17(19-11-14)22(18,20)21/h3-11H,2H2,1H3,(H2,18,20,21). The molecule has 3 rings (SSSR count). The van der Waals surface area contributed by atoms with E-state index >= 15 is 0 Å². The van der Waals surface area contributed by atoms with Crippen molar-refractivity contribution in [3.05, 3.63) is 71.4 Å². The maximum absolute atomic E-state index is 11.3. The number of nitrogens with zero attached hydrogens (tertiary/aromatic N) is 1. The molecule has 1 aliphatic carbocycles. The Balaban J connectivity index is 1.95. The molecule has 0 bridgehead atoms. The second-order valence-corrected chi connectivity index (χ2v) is 6.78. The quantitative estimate of drug-likeness (QED) is 0.947. The number of aromatic nitrogens is 1. The highest BCUT2D eigenvalue weighted by Crippen LogP contribution is 2.36. The second kappa shape index (κ2) is 5.51. The van der Waals surface area contributed by atoms with E-state index in [2.05, 4.69) is 48.3 Å². The van der Waals surface area contributed by atoms with Crippen molar-refractivity contribution in [3.63, 3.8) is 0 Å². The fourth-order valence-corrected chi connectivity index (χ4v) is 2.96. The summed E-state index contributed by atoms with van der Waals surface area (Å²) in [6.07, 6.45) is 6.69. The van der Waals surface area contributed by atoms with E-state index in [0.29, 0.717) is 0 Å². The van der Waals surface area contributed by atoms with Crippen LogP contribution in [-0.2, 0) is 10.0 Å². The lowest BCUT2D eigenvalue weighted by molar-refractivity contribution is 0.594. The third-order valence-electron chi connectivity index (χ3n) is 3.64. The number of nitrogens with two attached hydrogens (primary N) is 1. The van der Waals surface area contributed by atoms with Gasteiger partial charge in [0.1, 0.15) is 0 Å². The average molecular weight is 312 g/mol. The van der Waals surface area contributed by atoms with Gasteiger partial charge in [0, 0.05) is 11.8 Å². The summed E-state index contributed by atoms with van der Waals surface area (Å²) in [5.41, 5.74) is 5.45. The van der Waals surface area contributed by atoms with E-state index in [9.17, 15) is 8.42 Å². The Kier molecular flexibility index (Phi) is 3.68. The highest BCUT2D eigenvalue weighted by molar-refractivity contribution is 7.89. The van der Waals surface area contributed by atoms with Crippen molar-refractivity contribution in [1.82, 2.24) is 4.98 Å². The van der Waals surface area contributed by atoms with Gasteiger partial charge in [0.05, 0.1) is 0 Å². The summed E-state index contributed by atoms with van der Waals surface area (Å²) in [5.74, 6) is 0. The molecule has 0 unspecified atom stereocenters. The van der Waals surface area contributed by atoms with Crippen molar-refractivity contribution in [2.75, 3.05) is 0 Å². The molecule has 0 saturated carbocycles. The van der Waals surface area contributed by atoms with Gasteiger partial charge in [-0.1, -0.05) is 42.0 Å². The number of hydrogen-bond acceptors (Lipinski definition) is 3. The van der Waals surface area contributed by atoms with E-state index < -0.39 is 10.0 Å². The van der Waals surface area contributed by atoms with Gasteiger partial charge in [-0.3, -0.25) is 0 Å². The fourth-order valence-electron chi connectivity index (χ4n) is 2.50. The molecule has 1 aromatic heterocycles. The lowest BCUT2D eigenvalue weighted by Crippen LogP contribution is -2.13. The van der Waals surface area contributed by atoms with Gasteiger partial charge >= 0.3 is 0 Å². The Morgan fingerprint density at radius 1 is 0.955 bits per heavy atom. The fraction of sp³-hybridized carbons (Fsp3) is 0.118. The second-order valence-electron chi connectivity index (χ2n) is 5.27. The largest absolute Gasteiger partial charge is 0.255 e. The predicted molar refractivity (Wildman–Crippen MR) is 87.4 cm³/mol. The van der Waals surface area contributed by atoms with Gasteiger partial charge in [-0.05, 0) is 42.2 Å². The Bertz CT molecular complexity index is 862. The van der Waals surface area contributed by atoms with E-state index in [1.54, 1.807) is 12.3 Å². The summed E-state index contributed by atoms with van der Waals surface area (Å²) in [5, 5.41) is 4.96. The van der Waals surface area contributed by atoms with E-state index in [1.165, 1.54) is 11.6 Å². The smallest absolute Gasteiger partial charge is 0.243 e. The monoisotopic (exact) mass is 312 g/mol.